The van der Waals surface area contributed by atoms with Crippen molar-refractivity contribution in [3.8, 4) is 0 Å². The molecule has 0 amide bonds. The highest BCUT2D eigenvalue weighted by Crippen LogP contribution is 2.30. The monoisotopic (exact) mass is 273 g/mol. The summed E-state index contributed by atoms with van der Waals surface area (Å²) >= 11 is 0. The van der Waals surface area contributed by atoms with Crippen molar-refractivity contribution in [2.75, 3.05) is 20.1 Å². The summed E-state index contributed by atoms with van der Waals surface area (Å²) in [6.07, 6.45) is 5.56. The number of hydrogen-bond donors (Lipinski definition) is 1. The molecular formula is C17H27N3. The number of nitrogens with zero attached hydrogens (tertiary/aromatic N) is 2. The third kappa shape index (κ3) is 4.15. The molecule has 0 aliphatic carbocycles. The molecule has 0 saturated heterocycles. The number of aromatic nitrogens is 1. The molecule has 0 unspecified atom stereocenters. The van der Waals surface area contributed by atoms with Crippen molar-refractivity contribution in [1.82, 2.24) is 15.2 Å². The van der Waals surface area contributed by atoms with Gasteiger partial charge in [-0.3, -0.25) is 9.88 Å². The SMILES string of the molecule is CNCc1ccc(CN2CC=C(C(C)(C)C)CC2)nc1. The lowest BCUT2D eigenvalue weighted by atomic mass is 9.83. The molecule has 20 heavy (non-hydrogen) atoms. The van der Waals surface area contributed by atoms with E-state index in [0.717, 1.165) is 31.9 Å². The summed E-state index contributed by atoms with van der Waals surface area (Å²) < 4.78 is 0. The fourth-order valence-corrected chi connectivity index (χ4v) is 2.62. The van der Waals surface area contributed by atoms with E-state index in [2.05, 4.69) is 54.2 Å². The van der Waals surface area contributed by atoms with Gasteiger partial charge in [0.2, 0.25) is 0 Å². The number of hydrogen-bond acceptors (Lipinski definition) is 3. The van der Waals surface area contributed by atoms with Crippen LogP contribution in [0.2, 0.25) is 0 Å². The highest BCUT2D eigenvalue weighted by Gasteiger charge is 2.21. The molecule has 0 saturated carbocycles. The fourth-order valence-electron chi connectivity index (χ4n) is 2.62. The van der Waals surface area contributed by atoms with Crippen LogP contribution in [0.25, 0.3) is 0 Å². The fraction of sp³-hybridized carbons (Fsp3) is 0.588. The molecule has 0 atom stereocenters. The van der Waals surface area contributed by atoms with Gasteiger partial charge in [0.05, 0.1) is 5.69 Å². The summed E-state index contributed by atoms with van der Waals surface area (Å²) in [4.78, 5) is 7.02. The summed E-state index contributed by atoms with van der Waals surface area (Å²) in [5.41, 5.74) is 4.31. The number of rotatable bonds is 4. The van der Waals surface area contributed by atoms with E-state index >= 15 is 0 Å². The van der Waals surface area contributed by atoms with Crippen molar-refractivity contribution >= 4 is 0 Å². The second-order valence-corrected chi connectivity index (χ2v) is 6.65. The Morgan fingerprint density at radius 2 is 2.10 bits per heavy atom. The van der Waals surface area contributed by atoms with Crippen molar-refractivity contribution in [1.29, 1.82) is 0 Å². The van der Waals surface area contributed by atoms with Crippen LogP contribution in [0.4, 0.5) is 0 Å². The van der Waals surface area contributed by atoms with Crippen LogP contribution in [0.5, 0.6) is 0 Å². The average Bonchev–Trinajstić information content (AvgIpc) is 2.41. The second-order valence-electron chi connectivity index (χ2n) is 6.65. The summed E-state index contributed by atoms with van der Waals surface area (Å²) in [5, 5.41) is 3.15. The number of nitrogens with one attached hydrogen (secondary N) is 1. The van der Waals surface area contributed by atoms with Gasteiger partial charge in [-0.25, -0.2) is 0 Å². The Hall–Kier alpha value is -1.19. The van der Waals surface area contributed by atoms with Crippen molar-refractivity contribution in [3.63, 3.8) is 0 Å². The first-order valence-corrected chi connectivity index (χ1v) is 7.49. The van der Waals surface area contributed by atoms with Gasteiger partial charge in [0.15, 0.2) is 0 Å². The van der Waals surface area contributed by atoms with Crippen LogP contribution in [-0.4, -0.2) is 30.0 Å². The van der Waals surface area contributed by atoms with Crippen LogP contribution in [0.3, 0.4) is 0 Å². The van der Waals surface area contributed by atoms with Gasteiger partial charge in [-0.05, 0) is 30.5 Å². The second kappa shape index (κ2) is 6.51. The zero-order chi connectivity index (χ0) is 14.6. The van der Waals surface area contributed by atoms with Gasteiger partial charge in [0.1, 0.15) is 0 Å². The van der Waals surface area contributed by atoms with Crippen molar-refractivity contribution in [3.05, 3.63) is 41.2 Å². The average molecular weight is 273 g/mol. The Morgan fingerprint density at radius 1 is 1.30 bits per heavy atom. The first-order valence-electron chi connectivity index (χ1n) is 7.49. The Balaban J connectivity index is 1.91. The van der Waals surface area contributed by atoms with Crippen LogP contribution in [-0.2, 0) is 13.1 Å². The molecule has 0 radical (unpaired) electrons. The van der Waals surface area contributed by atoms with E-state index < -0.39 is 0 Å². The van der Waals surface area contributed by atoms with Gasteiger partial charge in [-0.1, -0.05) is 38.5 Å². The maximum atomic E-state index is 4.56. The molecule has 2 heterocycles. The van der Waals surface area contributed by atoms with E-state index in [4.69, 9.17) is 0 Å². The highest BCUT2D eigenvalue weighted by atomic mass is 15.1. The molecule has 1 aromatic rings. The van der Waals surface area contributed by atoms with E-state index in [-0.39, 0.29) is 0 Å². The molecule has 1 aromatic heterocycles. The van der Waals surface area contributed by atoms with Crippen LogP contribution < -0.4 is 5.32 Å². The Bertz CT molecular complexity index is 454. The summed E-state index contributed by atoms with van der Waals surface area (Å²) in [6.45, 7) is 10.9. The van der Waals surface area contributed by atoms with E-state index in [9.17, 15) is 0 Å². The summed E-state index contributed by atoms with van der Waals surface area (Å²) in [6, 6.07) is 4.31. The van der Waals surface area contributed by atoms with Gasteiger partial charge in [-0.15, -0.1) is 0 Å². The predicted octanol–water partition coefficient (Wildman–Crippen LogP) is 2.98. The molecule has 1 aliphatic rings. The molecule has 2 rings (SSSR count). The maximum absolute atomic E-state index is 4.56. The third-order valence-electron chi connectivity index (χ3n) is 3.91. The van der Waals surface area contributed by atoms with Crippen molar-refractivity contribution in [2.45, 2.75) is 40.3 Å². The molecule has 0 aromatic carbocycles. The third-order valence-corrected chi connectivity index (χ3v) is 3.91. The molecule has 3 heteroatoms. The van der Waals surface area contributed by atoms with Gasteiger partial charge < -0.3 is 5.32 Å². The quantitative estimate of drug-likeness (QED) is 0.855. The molecule has 1 aliphatic heterocycles. The van der Waals surface area contributed by atoms with E-state index in [1.54, 1.807) is 5.57 Å². The van der Waals surface area contributed by atoms with Crippen LogP contribution in [0.15, 0.2) is 30.0 Å². The Kier molecular flexibility index (Phi) is 4.95. The lowest BCUT2D eigenvalue weighted by Crippen LogP contribution is -2.31. The predicted molar refractivity (Wildman–Crippen MR) is 84.4 cm³/mol. The van der Waals surface area contributed by atoms with Crippen LogP contribution in [0.1, 0.15) is 38.4 Å². The molecule has 110 valence electrons. The smallest absolute Gasteiger partial charge is 0.0544 e. The van der Waals surface area contributed by atoms with Crippen LogP contribution in [0, 0.1) is 5.41 Å². The zero-order valence-corrected chi connectivity index (χ0v) is 13.2. The highest BCUT2D eigenvalue weighted by molar-refractivity contribution is 5.17. The minimum Gasteiger partial charge on any atom is -0.316 e. The molecule has 3 nitrogen and oxygen atoms in total. The lowest BCUT2D eigenvalue weighted by molar-refractivity contribution is 0.268. The topological polar surface area (TPSA) is 28.2 Å². The molecule has 0 fully saturated rings. The standard InChI is InChI=1S/C17H27N3/c1-17(2,3)15-7-9-20(10-8-15)13-16-6-5-14(11-18-4)12-19-16/h5-7,12,18H,8-11,13H2,1-4H3. The first-order chi connectivity index (χ1) is 9.49. The molecule has 0 bridgehead atoms. The molecule has 1 N–H and O–H groups in total. The van der Waals surface area contributed by atoms with Gasteiger partial charge in [0.25, 0.3) is 0 Å². The Labute approximate surface area is 123 Å². The lowest BCUT2D eigenvalue weighted by Gasteiger charge is -2.32. The molecular weight excluding hydrogens is 246 g/mol. The first kappa shape index (κ1) is 15.2. The summed E-state index contributed by atoms with van der Waals surface area (Å²) in [5.74, 6) is 0. The zero-order valence-electron chi connectivity index (χ0n) is 13.2. The minimum atomic E-state index is 0.319. The van der Waals surface area contributed by atoms with Crippen molar-refractivity contribution in [2.24, 2.45) is 5.41 Å². The minimum absolute atomic E-state index is 0.319. The Morgan fingerprint density at radius 3 is 2.60 bits per heavy atom. The summed E-state index contributed by atoms with van der Waals surface area (Å²) in [7, 11) is 1.96. The van der Waals surface area contributed by atoms with E-state index in [0.29, 0.717) is 5.41 Å². The van der Waals surface area contributed by atoms with Crippen LogP contribution >= 0.6 is 0 Å². The van der Waals surface area contributed by atoms with Gasteiger partial charge in [-0.2, -0.15) is 0 Å². The van der Waals surface area contributed by atoms with E-state index in [1.165, 1.54) is 12.0 Å². The maximum Gasteiger partial charge on any atom is 0.0544 e. The molecule has 0 spiro atoms. The van der Waals surface area contributed by atoms with Gasteiger partial charge in [0, 0.05) is 32.4 Å². The van der Waals surface area contributed by atoms with Crippen molar-refractivity contribution < 1.29 is 0 Å². The normalized spacial score (nSPS) is 17.1. The largest absolute Gasteiger partial charge is 0.316 e. The number of pyridine rings is 1. The van der Waals surface area contributed by atoms with Gasteiger partial charge >= 0.3 is 0 Å². The van der Waals surface area contributed by atoms with E-state index in [1.807, 2.05) is 13.2 Å².